The van der Waals surface area contributed by atoms with Crippen LogP contribution in [-0.4, -0.2) is 50.7 Å². The highest BCUT2D eigenvalue weighted by Gasteiger charge is 2.60. The van der Waals surface area contributed by atoms with Crippen molar-refractivity contribution < 1.29 is 20.4 Å². The first-order valence-corrected chi connectivity index (χ1v) is 20.7. The van der Waals surface area contributed by atoms with Crippen LogP contribution in [0.4, 0.5) is 0 Å². The molecule has 1 fully saturated rings. The zero-order valence-electron chi connectivity index (χ0n) is 27.9. The van der Waals surface area contributed by atoms with Crippen LogP contribution in [0.25, 0.3) is 0 Å². The summed E-state index contributed by atoms with van der Waals surface area (Å²) in [7, 11) is -4.15. The maximum absolute atomic E-state index is 12.4. The smallest absolute Gasteiger partial charge is 0.192 e. The van der Waals surface area contributed by atoms with Crippen LogP contribution < -0.4 is 0 Å². The fraction of sp³-hybridized carbons (Fsp3) is 0.875. The SMILES string of the molecule is [2H][C@]1(O)[C@@H]2C[C@H](O[Si](C)(C)C(C)(C)C)C(C)=C([C@@H](O[Si](CC)(CC)CC)C[C@]3(C)CC=C[C@@](C)(O)[C@H]31)C2(C)C. The standard InChI is InChI=1S/C32H60O4Si2/c1-14-38(15-2,16-3)36-25-21-31(10)18-17-19-32(11,34)28(31)27(33)23-20-24(22(4)26(25)30(23,8)9)35-37(12,13)29(5,6)7/h17,19,23-25,27-28,33-34H,14-16,18,20-21H2,1-13H3/t23-,24-,25-,27-,28-,31-,32+/m0/s1/i27D. The summed E-state index contributed by atoms with van der Waals surface area (Å²) in [6.07, 6.45) is 3.73. The Morgan fingerprint density at radius 1 is 1.03 bits per heavy atom. The van der Waals surface area contributed by atoms with Gasteiger partial charge in [0.05, 0.1) is 25.3 Å². The number of fused-ring (bicyclic) bond motifs is 3. The highest BCUT2D eigenvalue weighted by molar-refractivity contribution is 6.74. The molecular formula is C32H60O4Si2. The molecule has 7 atom stereocenters. The zero-order valence-corrected chi connectivity index (χ0v) is 28.9. The van der Waals surface area contributed by atoms with E-state index in [0.29, 0.717) is 12.8 Å². The van der Waals surface area contributed by atoms with Crippen molar-refractivity contribution in [3.8, 4) is 0 Å². The van der Waals surface area contributed by atoms with E-state index in [4.69, 9.17) is 8.85 Å². The molecule has 0 aromatic heterocycles. The lowest BCUT2D eigenvalue weighted by Gasteiger charge is -2.60. The van der Waals surface area contributed by atoms with Crippen molar-refractivity contribution >= 4 is 16.6 Å². The molecule has 1 saturated carbocycles. The molecule has 3 aliphatic rings. The second-order valence-electron chi connectivity index (χ2n) is 15.4. The first-order valence-electron chi connectivity index (χ1n) is 15.7. The first-order chi connectivity index (χ1) is 17.6. The molecule has 220 valence electrons. The molecule has 0 saturated heterocycles. The van der Waals surface area contributed by atoms with Crippen LogP contribution in [0.1, 0.15) is 96.8 Å². The Morgan fingerprint density at radius 2 is 1.58 bits per heavy atom. The predicted octanol–water partition coefficient (Wildman–Crippen LogP) is 8.23. The van der Waals surface area contributed by atoms with Crippen molar-refractivity contribution in [2.24, 2.45) is 22.7 Å². The van der Waals surface area contributed by atoms with E-state index in [-0.39, 0.29) is 17.2 Å². The summed E-state index contributed by atoms with van der Waals surface area (Å²) >= 11 is 0. The highest BCUT2D eigenvalue weighted by atomic mass is 28.4. The topological polar surface area (TPSA) is 58.9 Å². The van der Waals surface area contributed by atoms with Gasteiger partial charge in [-0.2, -0.15) is 0 Å². The van der Waals surface area contributed by atoms with Crippen LogP contribution in [0.2, 0.25) is 36.3 Å². The molecule has 3 rings (SSSR count). The van der Waals surface area contributed by atoms with E-state index in [9.17, 15) is 11.6 Å². The summed E-state index contributed by atoms with van der Waals surface area (Å²) in [5, 5.41) is 24.3. The number of allylic oxidation sites excluding steroid dienone is 1. The minimum Gasteiger partial charge on any atom is -0.410 e. The normalized spacial score (nSPS) is 40.3. The van der Waals surface area contributed by atoms with Gasteiger partial charge in [-0.1, -0.05) is 74.5 Å². The van der Waals surface area contributed by atoms with Crippen LogP contribution in [0, 0.1) is 22.7 Å². The molecule has 3 aliphatic carbocycles. The van der Waals surface area contributed by atoms with Crippen molar-refractivity contribution in [3.05, 3.63) is 23.3 Å². The monoisotopic (exact) mass is 565 g/mol. The molecule has 0 spiro atoms. The van der Waals surface area contributed by atoms with Gasteiger partial charge in [-0.3, -0.25) is 0 Å². The van der Waals surface area contributed by atoms with Crippen molar-refractivity contribution in [3.63, 3.8) is 0 Å². The Bertz CT molecular complexity index is 965. The molecule has 0 unspecified atom stereocenters. The van der Waals surface area contributed by atoms with Crippen molar-refractivity contribution in [2.75, 3.05) is 0 Å². The van der Waals surface area contributed by atoms with Crippen molar-refractivity contribution in [2.45, 2.75) is 156 Å². The molecule has 0 aromatic carbocycles. The fourth-order valence-corrected chi connectivity index (χ4v) is 12.0. The van der Waals surface area contributed by atoms with E-state index in [2.05, 4.69) is 88.4 Å². The van der Waals surface area contributed by atoms with Gasteiger partial charge in [0.2, 0.25) is 0 Å². The maximum atomic E-state index is 12.4. The van der Waals surface area contributed by atoms with Gasteiger partial charge in [0.1, 0.15) is 0 Å². The second-order valence-corrected chi connectivity index (χ2v) is 24.9. The predicted molar refractivity (Wildman–Crippen MR) is 165 cm³/mol. The Kier molecular flexibility index (Phi) is 8.52. The molecule has 0 heterocycles. The zero-order chi connectivity index (χ0) is 30.0. The summed E-state index contributed by atoms with van der Waals surface area (Å²) in [6, 6.07) is 3.20. The Labute approximate surface area is 238 Å². The van der Waals surface area contributed by atoms with E-state index in [0.717, 1.165) is 24.6 Å². The molecule has 2 N–H and O–H groups in total. The molecular weight excluding hydrogens is 505 g/mol. The lowest BCUT2D eigenvalue weighted by molar-refractivity contribution is -0.151. The van der Waals surface area contributed by atoms with Crippen LogP contribution in [0.3, 0.4) is 0 Å². The van der Waals surface area contributed by atoms with Gasteiger partial charge >= 0.3 is 0 Å². The molecule has 0 aliphatic heterocycles. The number of aliphatic hydroxyl groups is 2. The average molecular weight is 566 g/mol. The summed E-state index contributed by atoms with van der Waals surface area (Å²) in [4.78, 5) is 0. The van der Waals surface area contributed by atoms with E-state index >= 15 is 0 Å². The van der Waals surface area contributed by atoms with Crippen molar-refractivity contribution in [1.29, 1.82) is 0 Å². The van der Waals surface area contributed by atoms with Crippen molar-refractivity contribution in [1.82, 2.24) is 0 Å². The molecule has 2 bridgehead atoms. The lowest BCUT2D eigenvalue weighted by Crippen LogP contribution is -2.62. The van der Waals surface area contributed by atoms with Crippen LogP contribution in [-0.2, 0) is 8.85 Å². The van der Waals surface area contributed by atoms with E-state index in [1.165, 1.54) is 11.1 Å². The van der Waals surface area contributed by atoms with E-state index in [1.54, 1.807) is 6.92 Å². The van der Waals surface area contributed by atoms with Gasteiger partial charge in [-0.05, 0) is 97.3 Å². The molecule has 0 aromatic rings. The summed E-state index contributed by atoms with van der Waals surface area (Å²) < 4.78 is 24.3. The van der Waals surface area contributed by atoms with Gasteiger partial charge in [0.25, 0.3) is 0 Å². The summed E-state index contributed by atoms with van der Waals surface area (Å²) in [5.41, 5.74) is 0.235. The second kappa shape index (κ2) is 10.5. The van der Waals surface area contributed by atoms with Crippen LogP contribution in [0.5, 0.6) is 0 Å². The van der Waals surface area contributed by atoms with Gasteiger partial charge < -0.3 is 19.1 Å². The van der Waals surface area contributed by atoms with Crippen LogP contribution in [0.15, 0.2) is 23.3 Å². The van der Waals surface area contributed by atoms with Gasteiger partial charge in [0.15, 0.2) is 16.6 Å². The average Bonchev–Trinajstić information content (AvgIpc) is 2.76. The summed E-state index contributed by atoms with van der Waals surface area (Å²) in [6.45, 7) is 28.8. The molecule has 4 nitrogen and oxygen atoms in total. The largest absolute Gasteiger partial charge is 0.410 e. The van der Waals surface area contributed by atoms with E-state index in [1.807, 2.05) is 6.08 Å². The Balaban J connectivity index is 2.33. The first kappa shape index (κ1) is 30.7. The molecule has 6 heteroatoms. The summed E-state index contributed by atoms with van der Waals surface area (Å²) in [5.74, 6) is -1.06. The minimum absolute atomic E-state index is 0.0469. The van der Waals surface area contributed by atoms with Crippen LogP contribution >= 0.6 is 0 Å². The van der Waals surface area contributed by atoms with Gasteiger partial charge in [0, 0.05) is 5.92 Å². The number of hydrogen-bond donors (Lipinski definition) is 2. The number of rotatable bonds is 7. The molecule has 0 amide bonds. The van der Waals surface area contributed by atoms with Gasteiger partial charge in [-0.15, -0.1) is 0 Å². The fourth-order valence-electron chi connectivity index (χ4n) is 7.86. The Hall–Kier alpha value is -0.246. The van der Waals surface area contributed by atoms with E-state index < -0.39 is 51.0 Å². The third kappa shape index (κ3) is 5.48. The third-order valence-corrected chi connectivity index (χ3v) is 20.6. The third-order valence-electron chi connectivity index (χ3n) is 11.4. The quantitative estimate of drug-likeness (QED) is 0.241. The van der Waals surface area contributed by atoms with Gasteiger partial charge in [-0.25, -0.2) is 0 Å². The highest BCUT2D eigenvalue weighted by Crippen LogP contribution is 2.60. The number of hydrogen-bond acceptors (Lipinski definition) is 4. The molecule has 38 heavy (non-hydrogen) atoms. The minimum atomic E-state index is -2.14. The maximum Gasteiger partial charge on any atom is 0.192 e. The Morgan fingerprint density at radius 3 is 2.08 bits per heavy atom. The molecule has 0 radical (unpaired) electrons. The lowest BCUT2D eigenvalue weighted by atomic mass is 9.50.